The van der Waals surface area contributed by atoms with Gasteiger partial charge in [-0.05, 0) is 18.2 Å². The van der Waals surface area contributed by atoms with Crippen LogP contribution in [0.25, 0.3) is 11.4 Å². The third-order valence-electron chi connectivity index (χ3n) is 3.10. The number of aliphatic hydroxyl groups excluding tert-OH is 2. The molecule has 0 saturated carbocycles. The van der Waals surface area contributed by atoms with Crippen molar-refractivity contribution < 1.29 is 20.1 Å². The van der Waals surface area contributed by atoms with Gasteiger partial charge in [-0.25, -0.2) is 14.8 Å². The van der Waals surface area contributed by atoms with E-state index >= 15 is 0 Å². The van der Waals surface area contributed by atoms with E-state index in [1.807, 2.05) is 0 Å². The number of aromatic carboxylic acids is 1. The third-order valence-corrected chi connectivity index (χ3v) is 3.10. The van der Waals surface area contributed by atoms with Crippen molar-refractivity contribution in [3.8, 4) is 11.4 Å². The zero-order chi connectivity index (χ0) is 16.1. The lowest BCUT2D eigenvalue weighted by atomic mass is 10.1. The van der Waals surface area contributed by atoms with E-state index < -0.39 is 12.1 Å². The fourth-order valence-electron chi connectivity index (χ4n) is 1.96. The maximum absolute atomic E-state index is 11.0. The Hall–Kier alpha value is -2.51. The summed E-state index contributed by atoms with van der Waals surface area (Å²) in [5, 5.41) is 27.4. The normalized spacial score (nSPS) is 12.0. The number of anilines is 1. The van der Waals surface area contributed by atoms with Crippen molar-refractivity contribution >= 4 is 11.8 Å². The summed E-state index contributed by atoms with van der Waals surface area (Å²) < 4.78 is 0. The molecule has 0 saturated heterocycles. The predicted molar refractivity (Wildman–Crippen MR) is 80.8 cm³/mol. The minimum Gasteiger partial charge on any atom is -0.478 e. The minimum absolute atomic E-state index is 0.163. The molecular formula is C15H17N3O4. The molecule has 7 heteroatoms. The zero-order valence-corrected chi connectivity index (χ0v) is 12.0. The average Bonchev–Trinajstić information content (AvgIpc) is 2.54. The van der Waals surface area contributed by atoms with Crippen LogP contribution in [-0.2, 0) is 0 Å². The van der Waals surface area contributed by atoms with E-state index in [-0.39, 0.29) is 18.7 Å². The molecule has 1 unspecified atom stereocenters. The number of aromatic nitrogens is 2. The molecule has 1 aromatic heterocycles. The maximum atomic E-state index is 11.0. The second kappa shape index (κ2) is 6.97. The molecule has 1 atom stereocenters. The Morgan fingerprint density at radius 2 is 2.14 bits per heavy atom. The summed E-state index contributed by atoms with van der Waals surface area (Å²) in [4.78, 5) is 21.2. The highest BCUT2D eigenvalue weighted by Crippen LogP contribution is 2.19. The first-order chi connectivity index (χ1) is 10.5. The van der Waals surface area contributed by atoms with Crippen molar-refractivity contribution in [2.45, 2.75) is 6.10 Å². The molecule has 0 aliphatic rings. The zero-order valence-electron chi connectivity index (χ0n) is 12.0. The van der Waals surface area contributed by atoms with Crippen molar-refractivity contribution in [3.63, 3.8) is 0 Å². The number of benzene rings is 1. The Bertz CT molecular complexity index is 663. The fraction of sp³-hybridized carbons (Fsp3) is 0.267. The number of hydrogen-bond donors (Lipinski definition) is 3. The van der Waals surface area contributed by atoms with Crippen LogP contribution in [0.3, 0.4) is 0 Å². The molecule has 0 aliphatic heterocycles. The Kier molecular flexibility index (Phi) is 5.03. The molecule has 0 amide bonds. The molecule has 0 fully saturated rings. The van der Waals surface area contributed by atoms with Crippen LogP contribution in [0.1, 0.15) is 10.4 Å². The molecule has 2 aromatic rings. The number of carbonyl (C=O) groups is 1. The van der Waals surface area contributed by atoms with Gasteiger partial charge < -0.3 is 20.2 Å². The average molecular weight is 303 g/mol. The van der Waals surface area contributed by atoms with Gasteiger partial charge in [-0.15, -0.1) is 0 Å². The van der Waals surface area contributed by atoms with Gasteiger partial charge in [-0.1, -0.05) is 12.1 Å². The van der Waals surface area contributed by atoms with Crippen molar-refractivity contribution in [2.75, 3.05) is 25.1 Å². The number of nitrogens with zero attached hydrogens (tertiary/aromatic N) is 3. The largest absolute Gasteiger partial charge is 0.478 e. The first-order valence-corrected chi connectivity index (χ1v) is 6.68. The van der Waals surface area contributed by atoms with Crippen LogP contribution in [0.4, 0.5) is 5.82 Å². The van der Waals surface area contributed by atoms with Crippen molar-refractivity contribution in [1.29, 1.82) is 0 Å². The lowest BCUT2D eigenvalue weighted by Crippen LogP contribution is -2.31. The van der Waals surface area contributed by atoms with Gasteiger partial charge in [0.25, 0.3) is 0 Å². The molecule has 7 nitrogen and oxygen atoms in total. The molecule has 3 N–H and O–H groups in total. The predicted octanol–water partition coefficient (Wildman–Crippen LogP) is 0.631. The molecule has 1 heterocycles. The van der Waals surface area contributed by atoms with Gasteiger partial charge in [0.05, 0.1) is 18.3 Å². The summed E-state index contributed by atoms with van der Waals surface area (Å²) in [6.45, 7) is -0.106. The van der Waals surface area contributed by atoms with Crippen LogP contribution in [0.2, 0.25) is 0 Å². The molecular weight excluding hydrogens is 286 g/mol. The quantitative estimate of drug-likeness (QED) is 0.718. The smallest absolute Gasteiger partial charge is 0.335 e. The van der Waals surface area contributed by atoms with Crippen LogP contribution in [0.5, 0.6) is 0 Å². The summed E-state index contributed by atoms with van der Waals surface area (Å²) in [5.74, 6) is -0.0506. The number of likely N-dealkylation sites (N-methyl/N-ethyl adjacent to an activating group) is 1. The van der Waals surface area contributed by atoms with Gasteiger partial charge in [-0.2, -0.15) is 0 Å². The highest BCUT2D eigenvalue weighted by atomic mass is 16.4. The molecule has 1 aromatic carbocycles. The Balaban J connectivity index is 2.28. The first kappa shape index (κ1) is 15.9. The summed E-state index contributed by atoms with van der Waals surface area (Å²) in [6.07, 6.45) is 0.700. The summed E-state index contributed by atoms with van der Waals surface area (Å²) in [6, 6.07) is 8.04. The number of rotatable bonds is 6. The number of hydrogen-bond acceptors (Lipinski definition) is 6. The van der Waals surface area contributed by atoms with Gasteiger partial charge in [0, 0.05) is 25.4 Å². The van der Waals surface area contributed by atoms with Crippen LogP contribution in [0.15, 0.2) is 36.5 Å². The first-order valence-electron chi connectivity index (χ1n) is 6.68. The van der Waals surface area contributed by atoms with Crippen molar-refractivity contribution in [2.24, 2.45) is 0 Å². The second-order valence-electron chi connectivity index (χ2n) is 4.84. The van der Waals surface area contributed by atoms with Crippen LogP contribution >= 0.6 is 0 Å². The second-order valence-corrected chi connectivity index (χ2v) is 4.84. The molecule has 0 spiro atoms. The lowest BCUT2D eigenvalue weighted by molar-refractivity contribution is 0.0697. The number of carboxylic acid groups (broad SMARTS) is 1. The van der Waals surface area contributed by atoms with Gasteiger partial charge in [0.1, 0.15) is 5.82 Å². The molecule has 22 heavy (non-hydrogen) atoms. The van der Waals surface area contributed by atoms with Gasteiger partial charge in [0.15, 0.2) is 5.82 Å². The van der Waals surface area contributed by atoms with Gasteiger partial charge >= 0.3 is 5.97 Å². The highest BCUT2D eigenvalue weighted by molar-refractivity contribution is 5.89. The number of aliphatic hydroxyl groups is 2. The SMILES string of the molecule is CN(CC(O)CO)c1ccnc(-c2cccc(C(=O)O)c2)n1. The van der Waals surface area contributed by atoms with E-state index in [4.69, 9.17) is 10.2 Å². The van der Waals surface area contributed by atoms with E-state index in [1.54, 1.807) is 36.3 Å². The highest BCUT2D eigenvalue weighted by Gasteiger charge is 2.11. The fourth-order valence-corrected chi connectivity index (χ4v) is 1.96. The van der Waals surface area contributed by atoms with Crippen LogP contribution in [-0.4, -0.2) is 57.6 Å². The van der Waals surface area contributed by atoms with Crippen LogP contribution < -0.4 is 4.90 Å². The Morgan fingerprint density at radius 3 is 2.82 bits per heavy atom. The van der Waals surface area contributed by atoms with Crippen molar-refractivity contribution in [3.05, 3.63) is 42.1 Å². The van der Waals surface area contributed by atoms with E-state index in [2.05, 4.69) is 9.97 Å². The summed E-state index contributed by atoms with van der Waals surface area (Å²) in [5.41, 5.74) is 0.758. The lowest BCUT2D eigenvalue weighted by Gasteiger charge is -2.20. The molecule has 2 rings (SSSR count). The van der Waals surface area contributed by atoms with E-state index in [9.17, 15) is 9.90 Å². The third kappa shape index (κ3) is 3.78. The Labute approximate surface area is 127 Å². The summed E-state index contributed by atoms with van der Waals surface area (Å²) >= 11 is 0. The Morgan fingerprint density at radius 1 is 1.36 bits per heavy atom. The molecule has 116 valence electrons. The van der Waals surface area contributed by atoms with Gasteiger partial charge in [0.2, 0.25) is 0 Å². The molecule has 0 bridgehead atoms. The van der Waals surface area contributed by atoms with Crippen molar-refractivity contribution in [1.82, 2.24) is 9.97 Å². The standard InChI is InChI=1S/C15H17N3O4/c1-18(8-12(20)9-19)13-5-6-16-14(17-13)10-3-2-4-11(7-10)15(21)22/h2-7,12,19-20H,8-9H2,1H3,(H,21,22). The topological polar surface area (TPSA) is 107 Å². The minimum atomic E-state index is -1.01. The van der Waals surface area contributed by atoms with E-state index in [1.165, 1.54) is 12.1 Å². The molecule has 0 radical (unpaired) electrons. The maximum Gasteiger partial charge on any atom is 0.335 e. The van der Waals surface area contributed by atoms with Crippen LogP contribution in [0, 0.1) is 0 Å². The van der Waals surface area contributed by atoms with E-state index in [0.29, 0.717) is 17.2 Å². The van der Waals surface area contributed by atoms with Gasteiger partial charge in [-0.3, -0.25) is 0 Å². The number of carboxylic acids is 1. The monoisotopic (exact) mass is 303 g/mol. The molecule has 0 aliphatic carbocycles. The van der Waals surface area contributed by atoms with E-state index in [0.717, 1.165) is 0 Å². The summed E-state index contributed by atoms with van der Waals surface area (Å²) in [7, 11) is 1.73.